The molecule has 11 heteroatoms. The van der Waals surface area contributed by atoms with Crippen LogP contribution >= 0.6 is 59.6 Å². The van der Waals surface area contributed by atoms with E-state index in [1.54, 1.807) is 48.5 Å². The van der Waals surface area contributed by atoms with Crippen LogP contribution in [-0.2, 0) is 16.2 Å². The lowest BCUT2D eigenvalue weighted by Crippen LogP contribution is -2.36. The van der Waals surface area contributed by atoms with Crippen molar-refractivity contribution in [3.05, 3.63) is 95.9 Å². The molecule has 1 heterocycles. The van der Waals surface area contributed by atoms with Gasteiger partial charge in [-0.2, -0.15) is 0 Å². The highest BCUT2D eigenvalue weighted by Crippen LogP contribution is 2.38. The molecule has 6 nitrogen and oxygen atoms in total. The Hall–Kier alpha value is -2.47. The number of rotatable bonds is 7. The highest BCUT2D eigenvalue weighted by Gasteiger charge is 2.36. The quantitative estimate of drug-likeness (QED) is 0.261. The largest absolute Gasteiger partial charge is 0.487 e. The average Bonchev–Trinajstić information content (AvgIpc) is 3.08. The van der Waals surface area contributed by atoms with Crippen molar-refractivity contribution < 1.29 is 23.5 Å². The van der Waals surface area contributed by atoms with Crippen LogP contribution in [0, 0.1) is 5.82 Å². The Bertz CT molecular complexity index is 1360. The van der Waals surface area contributed by atoms with Crippen molar-refractivity contribution in [1.29, 1.82) is 0 Å². The Morgan fingerprint density at radius 2 is 1.67 bits per heavy atom. The Morgan fingerprint density at radius 1 is 1.00 bits per heavy atom. The van der Waals surface area contributed by atoms with Crippen LogP contribution in [0.4, 0.5) is 14.9 Å². The number of nitrogens with one attached hydrogen (secondary N) is 1. The minimum absolute atomic E-state index is 0.201. The van der Waals surface area contributed by atoms with E-state index in [2.05, 4.69) is 53.1 Å². The molecule has 1 aliphatic rings. The van der Waals surface area contributed by atoms with Gasteiger partial charge >= 0.3 is 0 Å². The van der Waals surface area contributed by atoms with Gasteiger partial charge < -0.3 is 10.1 Å². The van der Waals surface area contributed by atoms with Gasteiger partial charge in [-0.15, -0.1) is 0 Å². The summed E-state index contributed by atoms with van der Waals surface area (Å²) in [7, 11) is 0. The predicted molar refractivity (Wildman–Crippen MR) is 148 cm³/mol. The summed E-state index contributed by atoms with van der Waals surface area (Å²) in [6.45, 7) is -0.162. The molecule has 3 aromatic rings. The van der Waals surface area contributed by atoms with E-state index in [0.29, 0.717) is 30.4 Å². The third-order valence-corrected chi connectivity index (χ3v) is 7.72. The van der Waals surface area contributed by atoms with Crippen molar-refractivity contribution in [3.63, 3.8) is 0 Å². The smallest absolute Gasteiger partial charge is 0.294 e. The van der Waals surface area contributed by atoms with Crippen LogP contribution in [0.2, 0.25) is 0 Å². The zero-order valence-corrected chi connectivity index (χ0v) is 23.8. The molecule has 0 radical (unpaired) electrons. The first-order valence-corrected chi connectivity index (χ1v) is 13.6. The lowest BCUT2D eigenvalue weighted by atomic mass is 10.2. The second-order valence-electron chi connectivity index (χ2n) is 7.52. The van der Waals surface area contributed by atoms with Crippen LogP contribution in [0.25, 0.3) is 6.08 Å². The monoisotopic (exact) mass is 696 g/mol. The number of nitrogens with zero attached hydrogens (tertiary/aromatic N) is 1. The summed E-state index contributed by atoms with van der Waals surface area (Å²) >= 11 is 11.1. The van der Waals surface area contributed by atoms with E-state index in [1.807, 2.05) is 6.07 Å². The minimum Gasteiger partial charge on any atom is -0.487 e. The van der Waals surface area contributed by atoms with E-state index in [-0.39, 0.29) is 17.3 Å². The van der Waals surface area contributed by atoms with Crippen molar-refractivity contribution in [2.24, 2.45) is 0 Å². The number of benzene rings is 3. The van der Waals surface area contributed by atoms with Crippen molar-refractivity contribution in [2.45, 2.75) is 6.61 Å². The highest BCUT2D eigenvalue weighted by atomic mass is 79.9. The van der Waals surface area contributed by atoms with Gasteiger partial charge in [0.1, 0.15) is 24.7 Å². The molecule has 1 saturated heterocycles. The van der Waals surface area contributed by atoms with Crippen molar-refractivity contribution in [2.75, 3.05) is 11.9 Å². The number of halogens is 4. The van der Waals surface area contributed by atoms with Crippen LogP contribution in [0.15, 0.2) is 79.0 Å². The molecule has 0 bridgehead atoms. The van der Waals surface area contributed by atoms with Crippen molar-refractivity contribution in [3.8, 4) is 5.75 Å². The van der Waals surface area contributed by atoms with E-state index in [1.165, 1.54) is 12.1 Å². The maximum Gasteiger partial charge on any atom is 0.294 e. The molecule has 1 aliphatic heterocycles. The predicted octanol–water partition coefficient (Wildman–Crippen LogP) is 7.37. The van der Waals surface area contributed by atoms with Gasteiger partial charge in [0.15, 0.2) is 0 Å². The molecule has 0 unspecified atom stereocenters. The Labute approximate surface area is 235 Å². The van der Waals surface area contributed by atoms with Gasteiger partial charge in [0.25, 0.3) is 11.1 Å². The lowest BCUT2D eigenvalue weighted by Gasteiger charge is -2.13. The third kappa shape index (κ3) is 6.44. The van der Waals surface area contributed by atoms with E-state index in [0.717, 1.165) is 22.2 Å². The van der Waals surface area contributed by atoms with Gasteiger partial charge in [-0.3, -0.25) is 19.3 Å². The maximum atomic E-state index is 13.1. The fourth-order valence-corrected chi connectivity index (χ4v) is 5.89. The van der Waals surface area contributed by atoms with Gasteiger partial charge in [0.2, 0.25) is 5.91 Å². The van der Waals surface area contributed by atoms with Crippen LogP contribution in [0.3, 0.4) is 0 Å². The number of thioether (sulfide) groups is 1. The van der Waals surface area contributed by atoms with E-state index >= 15 is 0 Å². The molecule has 0 aromatic heterocycles. The number of carbonyl (C=O) groups excluding carboxylic acids is 3. The molecule has 0 spiro atoms. The number of carbonyl (C=O) groups is 3. The van der Waals surface area contributed by atoms with E-state index < -0.39 is 23.6 Å². The van der Waals surface area contributed by atoms with Crippen molar-refractivity contribution >= 4 is 88.4 Å². The summed E-state index contributed by atoms with van der Waals surface area (Å²) in [5, 5.41) is 2.16. The molecule has 1 N–H and O–H groups in total. The molecule has 3 amide bonds. The third-order valence-electron chi connectivity index (χ3n) is 4.94. The number of imide groups is 1. The fourth-order valence-electron chi connectivity index (χ4n) is 3.22. The van der Waals surface area contributed by atoms with Crippen LogP contribution in [-0.4, -0.2) is 28.5 Å². The molecule has 0 atom stereocenters. The highest BCUT2D eigenvalue weighted by molar-refractivity contribution is 9.11. The topological polar surface area (TPSA) is 75.7 Å². The summed E-state index contributed by atoms with van der Waals surface area (Å²) < 4.78 is 20.9. The van der Waals surface area contributed by atoms with E-state index in [4.69, 9.17) is 4.74 Å². The van der Waals surface area contributed by atoms with Crippen LogP contribution in [0.5, 0.6) is 5.75 Å². The fraction of sp³-hybridized carbons (Fsp3) is 0.0800. The molecule has 1 fully saturated rings. The first-order chi connectivity index (χ1) is 17.2. The number of amides is 3. The summed E-state index contributed by atoms with van der Waals surface area (Å²) in [6.07, 6.45) is 1.58. The second kappa shape index (κ2) is 11.7. The Morgan fingerprint density at radius 3 is 2.33 bits per heavy atom. The summed E-state index contributed by atoms with van der Waals surface area (Å²) in [5.41, 5.74) is 1.99. The molecule has 36 heavy (non-hydrogen) atoms. The zero-order valence-electron chi connectivity index (χ0n) is 18.3. The van der Waals surface area contributed by atoms with Crippen molar-refractivity contribution in [1.82, 2.24) is 4.90 Å². The molecule has 3 aromatic carbocycles. The molecule has 184 valence electrons. The molecule has 0 aliphatic carbocycles. The average molecular weight is 699 g/mol. The van der Waals surface area contributed by atoms with E-state index in [9.17, 15) is 18.8 Å². The van der Waals surface area contributed by atoms with Crippen LogP contribution in [0.1, 0.15) is 11.1 Å². The lowest BCUT2D eigenvalue weighted by molar-refractivity contribution is -0.127. The molecule has 0 saturated carbocycles. The molecule has 4 rings (SSSR count). The van der Waals surface area contributed by atoms with Gasteiger partial charge in [0.05, 0.1) is 19.5 Å². The number of hydrogen-bond acceptors (Lipinski definition) is 5. The summed E-state index contributed by atoms with van der Waals surface area (Å²) in [6, 6.07) is 16.6. The number of hydrogen-bond donors (Lipinski definition) is 1. The number of ether oxygens (including phenoxy) is 1. The standard InChI is InChI=1S/C25H16Br3FN2O4S/c26-17-3-1-2-4-20(17)30-22(32)12-31-24(33)21(36-25(31)34)11-15-9-18(27)23(19(28)10-15)35-13-14-5-7-16(29)8-6-14/h1-11H,12-13H2,(H,30,32)/b21-11+. The Balaban J connectivity index is 1.44. The van der Waals surface area contributed by atoms with Gasteiger partial charge in [-0.05, 0) is 113 Å². The normalized spacial score (nSPS) is 14.4. The van der Waals surface area contributed by atoms with Gasteiger partial charge in [-0.1, -0.05) is 24.3 Å². The first kappa shape index (κ1) is 26.6. The zero-order chi connectivity index (χ0) is 25.8. The minimum atomic E-state index is -0.545. The second-order valence-corrected chi connectivity index (χ2v) is 11.1. The van der Waals surface area contributed by atoms with Gasteiger partial charge in [-0.25, -0.2) is 4.39 Å². The first-order valence-electron chi connectivity index (χ1n) is 10.4. The summed E-state index contributed by atoms with van der Waals surface area (Å²) in [5.74, 6) is -0.817. The summed E-state index contributed by atoms with van der Waals surface area (Å²) in [4.78, 5) is 38.8. The van der Waals surface area contributed by atoms with Crippen LogP contribution < -0.4 is 10.1 Å². The van der Waals surface area contributed by atoms with Gasteiger partial charge in [0, 0.05) is 4.47 Å². The SMILES string of the molecule is O=C(CN1C(=O)S/C(=C/c2cc(Br)c(OCc3ccc(F)cc3)c(Br)c2)C1=O)Nc1ccccc1Br. The Kier molecular flexibility index (Phi) is 8.66. The maximum absolute atomic E-state index is 13.1. The molecular weight excluding hydrogens is 683 g/mol. The molecular formula is C25H16Br3FN2O4S. The number of anilines is 1. The number of para-hydroxylation sites is 1.